The quantitative estimate of drug-likeness (QED) is 0.219. The average Bonchev–Trinajstić information content (AvgIpc) is 3.43. The summed E-state index contributed by atoms with van der Waals surface area (Å²) >= 11 is 1.19. The molecule has 0 fully saturated rings. The number of aliphatic carboxylic acids is 1. The van der Waals surface area contributed by atoms with Gasteiger partial charge in [-0.25, -0.2) is 22.0 Å². The van der Waals surface area contributed by atoms with E-state index >= 15 is 0 Å². The lowest BCUT2D eigenvalue weighted by atomic mass is 9.99. The van der Waals surface area contributed by atoms with Crippen molar-refractivity contribution in [3.63, 3.8) is 0 Å². The molecule has 3 aromatic carbocycles. The van der Waals surface area contributed by atoms with Crippen LogP contribution in [0.25, 0.3) is 33.2 Å². The zero-order valence-electron chi connectivity index (χ0n) is 21.3. The van der Waals surface area contributed by atoms with Crippen LogP contribution in [-0.2, 0) is 20.4 Å². The smallest absolute Gasteiger partial charge is 0.490 e. The minimum absolute atomic E-state index is 0.174. The summed E-state index contributed by atoms with van der Waals surface area (Å²) < 4.78 is 90.5. The number of methoxy groups -OCH3 is 1. The summed E-state index contributed by atoms with van der Waals surface area (Å²) in [6.45, 7) is 0. The van der Waals surface area contributed by atoms with Crippen molar-refractivity contribution in [3.05, 3.63) is 89.0 Å². The molecule has 0 saturated carbocycles. The van der Waals surface area contributed by atoms with Crippen molar-refractivity contribution >= 4 is 37.9 Å². The molecule has 0 bridgehead atoms. The Bertz CT molecular complexity index is 1840. The van der Waals surface area contributed by atoms with E-state index in [2.05, 4.69) is 15.2 Å². The van der Waals surface area contributed by atoms with E-state index in [9.17, 15) is 30.4 Å². The number of halogens is 5. The van der Waals surface area contributed by atoms with E-state index in [1.54, 1.807) is 48.7 Å². The van der Waals surface area contributed by atoms with Crippen molar-refractivity contribution in [2.45, 2.75) is 16.8 Å². The Morgan fingerprint density at radius 3 is 2.26 bits per heavy atom. The van der Waals surface area contributed by atoms with Gasteiger partial charge in [0.1, 0.15) is 33.7 Å². The number of alkyl halides is 3. The molecule has 5 aromatic rings. The van der Waals surface area contributed by atoms with Gasteiger partial charge in [0.25, 0.3) is 0 Å². The second-order valence-electron chi connectivity index (χ2n) is 8.51. The summed E-state index contributed by atoms with van der Waals surface area (Å²) in [7, 11) is -2.11. The van der Waals surface area contributed by atoms with Crippen molar-refractivity contribution in [1.29, 1.82) is 0 Å². The minimum atomic E-state index is -5.08. The van der Waals surface area contributed by atoms with Crippen LogP contribution in [0.5, 0.6) is 5.75 Å². The molecule has 15 heteroatoms. The predicted octanol–water partition coefficient (Wildman–Crippen LogP) is 6.31. The zero-order valence-corrected chi connectivity index (χ0v) is 22.9. The number of fused-ring (bicyclic) bond motifs is 1. The number of sulfone groups is 1. The third-order valence-electron chi connectivity index (χ3n) is 5.71. The first-order chi connectivity index (χ1) is 19.8. The molecule has 0 radical (unpaired) electrons. The van der Waals surface area contributed by atoms with E-state index < -0.39 is 33.6 Å². The van der Waals surface area contributed by atoms with Crippen molar-refractivity contribution in [2.24, 2.45) is 0 Å². The molecule has 2 heterocycles. The van der Waals surface area contributed by atoms with Gasteiger partial charge in [-0.3, -0.25) is 4.98 Å². The Balaban J connectivity index is 0.000000517. The fourth-order valence-corrected chi connectivity index (χ4v) is 6.03. The molecule has 1 N–H and O–H groups in total. The monoisotopic (exact) mass is 623 g/mol. The van der Waals surface area contributed by atoms with Gasteiger partial charge in [0.2, 0.25) is 0 Å². The normalized spacial score (nSPS) is 11.6. The van der Waals surface area contributed by atoms with Crippen LogP contribution in [0.2, 0.25) is 0 Å². The summed E-state index contributed by atoms with van der Waals surface area (Å²) in [5, 5.41) is 16.5. The number of hydrogen-bond donors (Lipinski definition) is 1. The van der Waals surface area contributed by atoms with Crippen LogP contribution in [0.4, 0.5) is 22.0 Å². The minimum Gasteiger partial charge on any atom is -0.496 e. The fraction of sp³-hybridized carbons (Fsp3) is 0.111. The van der Waals surface area contributed by atoms with Gasteiger partial charge in [0.15, 0.2) is 9.84 Å². The highest BCUT2D eigenvalue weighted by Gasteiger charge is 2.38. The molecule has 2 aromatic heterocycles. The molecule has 0 aliphatic carbocycles. The summed E-state index contributed by atoms with van der Waals surface area (Å²) in [5.74, 6) is -3.87. The number of carboxylic acid groups (broad SMARTS) is 1. The van der Waals surface area contributed by atoms with Crippen LogP contribution in [0.3, 0.4) is 0 Å². The largest absolute Gasteiger partial charge is 0.496 e. The number of carboxylic acids is 1. The highest BCUT2D eigenvalue weighted by molar-refractivity contribution is 7.90. The maximum absolute atomic E-state index is 13.7. The predicted molar refractivity (Wildman–Crippen MR) is 144 cm³/mol. The van der Waals surface area contributed by atoms with Gasteiger partial charge in [0, 0.05) is 23.2 Å². The third-order valence-corrected chi connectivity index (χ3v) is 8.21. The number of pyridine rings is 1. The van der Waals surface area contributed by atoms with E-state index in [0.29, 0.717) is 38.5 Å². The van der Waals surface area contributed by atoms with Gasteiger partial charge in [0.05, 0.1) is 17.7 Å². The molecule has 8 nitrogen and oxygen atoms in total. The topological polar surface area (TPSA) is 119 Å². The van der Waals surface area contributed by atoms with Crippen molar-refractivity contribution < 1.29 is 45.0 Å². The lowest BCUT2D eigenvalue weighted by Gasteiger charge is -2.13. The first kappa shape index (κ1) is 30.5. The van der Waals surface area contributed by atoms with E-state index in [0.717, 1.165) is 11.5 Å². The van der Waals surface area contributed by atoms with Crippen molar-refractivity contribution in [1.82, 2.24) is 15.2 Å². The van der Waals surface area contributed by atoms with Gasteiger partial charge in [-0.05, 0) is 59.0 Å². The van der Waals surface area contributed by atoms with E-state index in [1.807, 2.05) is 0 Å². The first-order valence-electron chi connectivity index (χ1n) is 11.6. The summed E-state index contributed by atoms with van der Waals surface area (Å²) in [5.41, 5.74) is 3.69. The van der Waals surface area contributed by atoms with Gasteiger partial charge in [-0.1, -0.05) is 12.1 Å². The number of hydrogen-bond acceptors (Lipinski definition) is 8. The van der Waals surface area contributed by atoms with Crippen LogP contribution in [0, 0.1) is 11.6 Å². The zero-order chi connectivity index (χ0) is 30.7. The number of nitrogens with zero attached hydrogens (tertiary/aromatic N) is 3. The Kier molecular flexibility index (Phi) is 8.82. The molecule has 218 valence electrons. The number of carbonyl (C=O) groups is 1. The van der Waals surface area contributed by atoms with Crippen molar-refractivity contribution in [3.8, 4) is 28.1 Å². The van der Waals surface area contributed by atoms with Crippen LogP contribution in [0.1, 0.15) is 5.01 Å². The molecule has 0 spiro atoms. The molecule has 42 heavy (non-hydrogen) atoms. The summed E-state index contributed by atoms with van der Waals surface area (Å²) in [4.78, 5) is 13.6. The standard InChI is InChI=1S/C25H17F2N3O3S2.C2HF3O2/c1-33-23-11-15(17-8-18(26)12-19(27)9-17)2-4-22(23)25-21-5-3-20(10-16(21)6-7-28-25)35(31,32)13-24-30-29-14-34-24;3-2(4,5)1(6)7/h2-12,14H,13H2,1H3;(H,6,7). The third kappa shape index (κ3) is 7.03. The maximum atomic E-state index is 13.7. The molecular formula is C27H18F5N3O5S2. The van der Waals surface area contributed by atoms with E-state index in [1.165, 1.54) is 36.1 Å². The SMILES string of the molecule is COc1cc(-c2cc(F)cc(F)c2)ccc1-c1nccc2cc(S(=O)(=O)Cc3nncs3)ccc12.O=C(O)C(F)(F)F. The molecule has 0 aliphatic rings. The maximum Gasteiger partial charge on any atom is 0.490 e. The number of rotatable bonds is 6. The first-order valence-corrected chi connectivity index (χ1v) is 14.1. The molecule has 0 amide bonds. The highest BCUT2D eigenvalue weighted by atomic mass is 32.2. The van der Waals surface area contributed by atoms with Gasteiger partial charge >= 0.3 is 12.1 Å². The number of benzene rings is 3. The second-order valence-corrected chi connectivity index (χ2v) is 11.4. The van der Waals surface area contributed by atoms with Gasteiger partial charge < -0.3 is 9.84 Å². The van der Waals surface area contributed by atoms with Gasteiger partial charge in [-0.15, -0.1) is 21.5 Å². The molecule has 0 unspecified atom stereocenters. The van der Waals surface area contributed by atoms with Crippen LogP contribution >= 0.6 is 11.3 Å². The lowest BCUT2D eigenvalue weighted by Crippen LogP contribution is -2.21. The molecular weight excluding hydrogens is 605 g/mol. The average molecular weight is 624 g/mol. The molecule has 0 saturated heterocycles. The Hall–Kier alpha value is -4.50. The van der Waals surface area contributed by atoms with E-state index in [4.69, 9.17) is 14.6 Å². The van der Waals surface area contributed by atoms with Crippen LogP contribution in [0.15, 0.2) is 77.3 Å². The van der Waals surface area contributed by atoms with Crippen LogP contribution in [-0.4, -0.2) is 48.0 Å². The van der Waals surface area contributed by atoms with Gasteiger partial charge in [-0.2, -0.15) is 13.2 Å². The van der Waals surface area contributed by atoms with Crippen molar-refractivity contribution in [2.75, 3.05) is 7.11 Å². The molecule has 5 rings (SSSR count). The molecule has 0 atom stereocenters. The number of aromatic nitrogens is 3. The van der Waals surface area contributed by atoms with E-state index in [-0.39, 0.29) is 10.6 Å². The second kappa shape index (κ2) is 12.2. The van der Waals surface area contributed by atoms with Crippen LogP contribution < -0.4 is 4.74 Å². The number of ether oxygens (including phenoxy) is 1. The highest BCUT2D eigenvalue weighted by Crippen LogP contribution is 2.37. The Morgan fingerprint density at radius 1 is 0.976 bits per heavy atom. The Labute approximate surface area is 239 Å². The lowest BCUT2D eigenvalue weighted by molar-refractivity contribution is -0.192. The summed E-state index contributed by atoms with van der Waals surface area (Å²) in [6.07, 6.45) is -3.49. The summed E-state index contributed by atoms with van der Waals surface area (Å²) in [6, 6.07) is 15.1. The fourth-order valence-electron chi connectivity index (χ4n) is 3.86. The molecule has 0 aliphatic heterocycles. The Morgan fingerprint density at radius 2 is 1.67 bits per heavy atom.